The van der Waals surface area contributed by atoms with Gasteiger partial charge in [0.1, 0.15) is 10.6 Å². The van der Waals surface area contributed by atoms with Gasteiger partial charge in [0.2, 0.25) is 10.0 Å². The summed E-state index contributed by atoms with van der Waals surface area (Å²) < 4.78 is 39.8. The molecule has 3 aliphatic rings. The van der Waals surface area contributed by atoms with Crippen LogP contribution in [0.15, 0.2) is 23.1 Å². The average molecular weight is 483 g/mol. The SMILES string of the molecule is COc1ccc(C(=O)N(CC2CCCO2)C2CCSC2)cc1S(=O)(=O)N1CCCCCC1. The van der Waals surface area contributed by atoms with Crippen LogP contribution in [0.3, 0.4) is 0 Å². The van der Waals surface area contributed by atoms with E-state index in [2.05, 4.69) is 0 Å². The zero-order chi connectivity index (χ0) is 22.6. The Bertz CT molecular complexity index is 888. The second kappa shape index (κ2) is 10.8. The van der Waals surface area contributed by atoms with Crippen molar-refractivity contribution in [1.82, 2.24) is 9.21 Å². The van der Waals surface area contributed by atoms with E-state index in [0.29, 0.717) is 25.2 Å². The first-order valence-electron chi connectivity index (χ1n) is 11.7. The smallest absolute Gasteiger partial charge is 0.254 e. The first-order chi connectivity index (χ1) is 15.5. The van der Waals surface area contributed by atoms with Gasteiger partial charge < -0.3 is 14.4 Å². The summed E-state index contributed by atoms with van der Waals surface area (Å²) in [6, 6.07) is 4.98. The molecule has 4 rings (SSSR count). The number of ether oxygens (including phenoxy) is 2. The molecule has 0 bridgehead atoms. The Morgan fingerprint density at radius 3 is 2.59 bits per heavy atom. The lowest BCUT2D eigenvalue weighted by Crippen LogP contribution is -2.44. The van der Waals surface area contributed by atoms with Crippen molar-refractivity contribution in [3.63, 3.8) is 0 Å². The van der Waals surface area contributed by atoms with Crippen molar-refractivity contribution < 1.29 is 22.7 Å². The molecular formula is C23H34N2O5S2. The second-order valence-electron chi connectivity index (χ2n) is 8.79. The molecule has 3 heterocycles. The zero-order valence-corrected chi connectivity index (χ0v) is 20.5. The van der Waals surface area contributed by atoms with E-state index in [9.17, 15) is 13.2 Å². The van der Waals surface area contributed by atoms with Gasteiger partial charge in [0.25, 0.3) is 5.91 Å². The van der Waals surface area contributed by atoms with E-state index >= 15 is 0 Å². The Balaban J connectivity index is 1.64. The third-order valence-corrected chi connectivity index (χ3v) is 9.69. The number of nitrogens with zero attached hydrogens (tertiary/aromatic N) is 2. The van der Waals surface area contributed by atoms with Crippen LogP contribution in [0, 0.1) is 0 Å². The molecule has 0 aromatic heterocycles. The Kier molecular flexibility index (Phi) is 8.02. The topological polar surface area (TPSA) is 76.1 Å². The fourth-order valence-electron chi connectivity index (χ4n) is 4.77. The molecule has 3 aliphatic heterocycles. The standard InChI is InChI=1S/C23H34N2O5S2/c1-29-21-9-8-18(15-22(21)32(27,28)24-11-4-2-3-5-12-24)23(26)25(19-10-14-31-17-19)16-20-7-6-13-30-20/h8-9,15,19-20H,2-7,10-14,16-17H2,1H3. The van der Waals surface area contributed by atoms with Gasteiger partial charge in [-0.3, -0.25) is 4.79 Å². The van der Waals surface area contributed by atoms with Crippen LogP contribution in [0.2, 0.25) is 0 Å². The number of carbonyl (C=O) groups is 1. The Morgan fingerprint density at radius 2 is 1.97 bits per heavy atom. The number of hydrogen-bond acceptors (Lipinski definition) is 6. The largest absolute Gasteiger partial charge is 0.495 e. The summed E-state index contributed by atoms with van der Waals surface area (Å²) in [6.07, 6.45) is 6.79. The Morgan fingerprint density at radius 1 is 1.19 bits per heavy atom. The van der Waals surface area contributed by atoms with Gasteiger partial charge in [0.05, 0.1) is 13.2 Å². The lowest BCUT2D eigenvalue weighted by Gasteiger charge is -2.31. The highest BCUT2D eigenvalue weighted by atomic mass is 32.2. The van der Waals surface area contributed by atoms with Crippen LogP contribution >= 0.6 is 11.8 Å². The van der Waals surface area contributed by atoms with E-state index in [1.54, 1.807) is 16.4 Å². The third kappa shape index (κ3) is 5.26. The van der Waals surface area contributed by atoms with Gasteiger partial charge >= 0.3 is 0 Å². The summed E-state index contributed by atoms with van der Waals surface area (Å²) in [5, 5.41) is 0. The molecule has 9 heteroatoms. The molecule has 3 saturated heterocycles. The van der Waals surface area contributed by atoms with Crippen LogP contribution in [0.4, 0.5) is 0 Å². The first kappa shape index (κ1) is 23.9. The maximum atomic E-state index is 13.6. The number of hydrogen-bond donors (Lipinski definition) is 0. The Hall–Kier alpha value is -1.29. The van der Waals surface area contributed by atoms with Crippen LogP contribution in [0.5, 0.6) is 5.75 Å². The molecule has 32 heavy (non-hydrogen) atoms. The summed E-state index contributed by atoms with van der Waals surface area (Å²) in [5.74, 6) is 2.11. The van der Waals surface area contributed by atoms with Gasteiger partial charge in [-0.25, -0.2) is 8.42 Å². The molecule has 1 aromatic carbocycles. The predicted octanol–water partition coefficient (Wildman–Crippen LogP) is 3.39. The van der Waals surface area contributed by atoms with Crippen LogP contribution < -0.4 is 4.74 Å². The summed E-state index contributed by atoms with van der Waals surface area (Å²) in [4.78, 5) is 15.6. The quantitative estimate of drug-likeness (QED) is 0.593. The van der Waals surface area contributed by atoms with Gasteiger partial charge in [-0.2, -0.15) is 16.1 Å². The van der Waals surface area contributed by atoms with Gasteiger partial charge in [-0.15, -0.1) is 0 Å². The number of rotatable bonds is 7. The van der Waals surface area contributed by atoms with E-state index in [4.69, 9.17) is 9.47 Å². The lowest BCUT2D eigenvalue weighted by atomic mass is 10.1. The van der Waals surface area contributed by atoms with E-state index in [-0.39, 0.29) is 28.7 Å². The highest BCUT2D eigenvalue weighted by Crippen LogP contribution is 2.31. The number of methoxy groups -OCH3 is 1. The molecule has 7 nitrogen and oxygen atoms in total. The molecule has 0 aliphatic carbocycles. The van der Waals surface area contributed by atoms with Crippen molar-refractivity contribution in [2.45, 2.75) is 62.0 Å². The van der Waals surface area contributed by atoms with Gasteiger partial charge in [0, 0.05) is 43.6 Å². The predicted molar refractivity (Wildman–Crippen MR) is 126 cm³/mol. The minimum Gasteiger partial charge on any atom is -0.495 e. The van der Waals surface area contributed by atoms with E-state index < -0.39 is 10.0 Å². The minimum absolute atomic E-state index is 0.0584. The van der Waals surface area contributed by atoms with Crippen molar-refractivity contribution in [2.75, 3.05) is 44.9 Å². The molecular weight excluding hydrogens is 448 g/mol. The second-order valence-corrected chi connectivity index (χ2v) is 11.9. The van der Waals surface area contributed by atoms with E-state index in [1.165, 1.54) is 13.2 Å². The monoisotopic (exact) mass is 482 g/mol. The highest BCUT2D eigenvalue weighted by molar-refractivity contribution is 7.99. The molecule has 1 amide bonds. The average Bonchev–Trinajstić information content (AvgIpc) is 3.45. The number of amides is 1. The van der Waals surface area contributed by atoms with Crippen LogP contribution in [0.1, 0.15) is 55.3 Å². The Labute approximate surface area is 195 Å². The number of carbonyl (C=O) groups excluding carboxylic acids is 1. The van der Waals surface area contributed by atoms with Gasteiger partial charge in [0.15, 0.2) is 0 Å². The zero-order valence-electron chi connectivity index (χ0n) is 18.8. The molecule has 2 unspecified atom stereocenters. The normalized spacial score (nSPS) is 24.9. The molecule has 0 radical (unpaired) electrons. The van der Waals surface area contributed by atoms with Crippen molar-refractivity contribution in [2.24, 2.45) is 0 Å². The summed E-state index contributed by atoms with van der Waals surface area (Å²) in [7, 11) is -2.27. The molecule has 0 saturated carbocycles. The van der Waals surface area contributed by atoms with Crippen molar-refractivity contribution in [1.29, 1.82) is 0 Å². The molecule has 3 fully saturated rings. The highest BCUT2D eigenvalue weighted by Gasteiger charge is 2.33. The molecule has 178 valence electrons. The van der Waals surface area contributed by atoms with E-state index in [0.717, 1.165) is 63.1 Å². The molecule has 2 atom stereocenters. The molecule has 1 aromatic rings. The number of sulfonamides is 1. The minimum atomic E-state index is -3.74. The number of benzene rings is 1. The van der Waals surface area contributed by atoms with Crippen LogP contribution in [0.25, 0.3) is 0 Å². The third-order valence-electron chi connectivity index (χ3n) is 6.63. The van der Waals surface area contributed by atoms with Gasteiger partial charge in [-0.05, 0) is 56.1 Å². The number of thioether (sulfide) groups is 1. The van der Waals surface area contributed by atoms with Crippen LogP contribution in [-0.4, -0.2) is 80.5 Å². The molecule has 0 N–H and O–H groups in total. The maximum absolute atomic E-state index is 13.6. The summed E-state index contributed by atoms with van der Waals surface area (Å²) in [5.41, 5.74) is 0.397. The summed E-state index contributed by atoms with van der Waals surface area (Å²) in [6.45, 7) is 2.32. The fourth-order valence-corrected chi connectivity index (χ4v) is 7.69. The van der Waals surface area contributed by atoms with Crippen molar-refractivity contribution in [3.8, 4) is 5.75 Å². The lowest BCUT2D eigenvalue weighted by molar-refractivity contribution is 0.0441. The van der Waals surface area contributed by atoms with Gasteiger partial charge in [-0.1, -0.05) is 12.8 Å². The first-order valence-corrected chi connectivity index (χ1v) is 14.3. The fraction of sp³-hybridized carbons (Fsp3) is 0.696. The summed E-state index contributed by atoms with van der Waals surface area (Å²) >= 11 is 1.86. The van der Waals surface area contributed by atoms with Crippen molar-refractivity contribution in [3.05, 3.63) is 23.8 Å². The maximum Gasteiger partial charge on any atom is 0.254 e. The van der Waals surface area contributed by atoms with Crippen LogP contribution in [-0.2, 0) is 14.8 Å². The van der Waals surface area contributed by atoms with Crippen molar-refractivity contribution >= 4 is 27.7 Å². The molecule has 0 spiro atoms. The van der Waals surface area contributed by atoms with E-state index in [1.807, 2.05) is 16.7 Å².